The van der Waals surface area contributed by atoms with Gasteiger partial charge in [-0.15, -0.1) is 5.10 Å². The number of nitrogens with one attached hydrogen (secondary N) is 3. The molecule has 2 amide bonds. The van der Waals surface area contributed by atoms with E-state index in [4.69, 9.17) is 16.3 Å². The quantitative estimate of drug-likeness (QED) is 0.353. The highest BCUT2D eigenvalue weighted by atomic mass is 35.5. The molecule has 11 nitrogen and oxygen atoms in total. The van der Waals surface area contributed by atoms with E-state index >= 15 is 0 Å². The Morgan fingerprint density at radius 3 is 2.97 bits per heavy atom. The molecule has 3 N–H and O–H groups in total. The first kappa shape index (κ1) is 25.3. The lowest BCUT2D eigenvalue weighted by atomic mass is 10.1. The minimum atomic E-state index is -0.568. The van der Waals surface area contributed by atoms with E-state index in [0.29, 0.717) is 34.2 Å². The van der Waals surface area contributed by atoms with Gasteiger partial charge < -0.3 is 15.0 Å². The van der Waals surface area contributed by atoms with Crippen LogP contribution in [0, 0.1) is 0 Å². The van der Waals surface area contributed by atoms with Gasteiger partial charge in [0, 0.05) is 29.1 Å². The normalized spacial score (nSPS) is 16.4. The Balaban J connectivity index is 1.51. The fourth-order valence-corrected chi connectivity index (χ4v) is 3.48. The Labute approximate surface area is 217 Å². The number of fused-ring (bicyclic) bond motifs is 2. The SMILES string of the molecule is O=C(C=Cc1cc(Cl)ccc1-n1cnnn1)NC1CC=CCOC(=O)NC=CC=CC=Cc2c[nH]c1n2. The van der Waals surface area contributed by atoms with Gasteiger partial charge in [0.15, 0.2) is 0 Å². The maximum absolute atomic E-state index is 12.9. The highest BCUT2D eigenvalue weighted by Crippen LogP contribution is 2.21. The van der Waals surface area contributed by atoms with Crippen LogP contribution in [-0.4, -0.2) is 48.8 Å². The van der Waals surface area contributed by atoms with Gasteiger partial charge >= 0.3 is 6.09 Å². The van der Waals surface area contributed by atoms with E-state index in [1.165, 1.54) is 23.3 Å². The molecule has 188 valence electrons. The summed E-state index contributed by atoms with van der Waals surface area (Å²) in [5.74, 6) is 0.236. The van der Waals surface area contributed by atoms with Gasteiger partial charge in [-0.3, -0.25) is 10.1 Å². The van der Waals surface area contributed by atoms with E-state index in [9.17, 15) is 9.59 Å². The van der Waals surface area contributed by atoms with Crippen molar-refractivity contribution in [3.8, 4) is 5.69 Å². The summed E-state index contributed by atoms with van der Waals surface area (Å²) in [7, 11) is 0. The number of halogens is 1. The summed E-state index contributed by atoms with van der Waals surface area (Å²) in [5, 5.41) is 17.2. The molecular weight excluding hydrogens is 496 g/mol. The molecule has 1 aliphatic rings. The van der Waals surface area contributed by atoms with Crippen LogP contribution in [0.2, 0.25) is 5.02 Å². The molecule has 1 aromatic carbocycles. The molecule has 3 heterocycles. The monoisotopic (exact) mass is 518 g/mol. The Morgan fingerprint density at radius 2 is 2.11 bits per heavy atom. The van der Waals surface area contributed by atoms with Crippen molar-refractivity contribution in [2.45, 2.75) is 12.5 Å². The minimum absolute atomic E-state index is 0.0791. The number of carbonyl (C=O) groups excluding carboxylic acids is 2. The molecule has 4 rings (SSSR count). The van der Waals surface area contributed by atoms with Crippen molar-refractivity contribution in [2.24, 2.45) is 0 Å². The van der Waals surface area contributed by atoms with Crippen molar-refractivity contribution in [1.82, 2.24) is 40.8 Å². The average Bonchev–Trinajstić information content (AvgIpc) is 3.58. The molecule has 3 aromatic rings. The van der Waals surface area contributed by atoms with Gasteiger partial charge in [-0.05, 0) is 53.3 Å². The third kappa shape index (κ3) is 7.61. The van der Waals surface area contributed by atoms with Gasteiger partial charge in [0.1, 0.15) is 18.8 Å². The summed E-state index contributed by atoms with van der Waals surface area (Å²) in [6, 6.07) is 4.72. The molecule has 2 bridgehead atoms. The number of cyclic esters (lactones) is 1. The molecule has 0 aliphatic carbocycles. The van der Waals surface area contributed by atoms with Crippen LogP contribution in [-0.2, 0) is 9.53 Å². The predicted octanol–water partition coefficient (Wildman–Crippen LogP) is 3.68. The number of aromatic nitrogens is 6. The number of ether oxygens (including phenoxy) is 1. The first-order valence-electron chi connectivity index (χ1n) is 11.2. The molecular formula is C25H23ClN8O3. The summed E-state index contributed by atoms with van der Waals surface area (Å²) in [5.41, 5.74) is 2.03. The first-order valence-corrected chi connectivity index (χ1v) is 11.6. The van der Waals surface area contributed by atoms with Gasteiger partial charge in [0.25, 0.3) is 0 Å². The van der Waals surface area contributed by atoms with Crippen molar-refractivity contribution < 1.29 is 14.3 Å². The smallest absolute Gasteiger partial charge is 0.411 e. The molecule has 0 spiro atoms. The first-order chi connectivity index (χ1) is 18.1. The van der Waals surface area contributed by atoms with Crippen LogP contribution < -0.4 is 10.6 Å². The van der Waals surface area contributed by atoms with Crippen molar-refractivity contribution in [1.29, 1.82) is 0 Å². The second kappa shape index (κ2) is 12.8. The molecule has 0 radical (unpaired) electrons. The minimum Gasteiger partial charge on any atom is -0.445 e. The molecule has 0 saturated heterocycles. The van der Waals surface area contributed by atoms with Crippen molar-refractivity contribution in [2.75, 3.05) is 6.61 Å². The van der Waals surface area contributed by atoms with E-state index in [1.54, 1.807) is 54.8 Å². The van der Waals surface area contributed by atoms with E-state index in [-0.39, 0.29) is 12.5 Å². The average molecular weight is 519 g/mol. The maximum Gasteiger partial charge on any atom is 0.411 e. The fourth-order valence-electron chi connectivity index (χ4n) is 3.30. The Hall–Kier alpha value is -4.77. The zero-order valence-electron chi connectivity index (χ0n) is 19.5. The van der Waals surface area contributed by atoms with Crippen LogP contribution >= 0.6 is 11.6 Å². The number of nitrogens with zero attached hydrogens (tertiary/aromatic N) is 5. The van der Waals surface area contributed by atoms with E-state index in [1.807, 2.05) is 18.2 Å². The number of aromatic amines is 1. The Morgan fingerprint density at radius 1 is 1.22 bits per heavy atom. The standard InChI is InChI=1S/C25H23ClN8O3/c26-19-10-11-22(34-17-29-32-33-34)18(15-19)9-12-23(35)31-21-8-4-6-14-37-25(36)27-13-5-2-1-3-7-20-16-28-24(21)30-20/h1-7,9-13,15-17,21H,8,14H2,(H,27,36)(H,28,30)(H,31,35). The number of alkyl carbamates (subject to hydrolysis) is 1. The summed E-state index contributed by atoms with van der Waals surface area (Å²) in [6.07, 6.45) is 19.9. The fraction of sp³-hybridized carbons (Fsp3) is 0.120. The number of benzene rings is 1. The number of allylic oxidation sites excluding steroid dienone is 4. The lowest BCUT2D eigenvalue weighted by Crippen LogP contribution is -2.27. The maximum atomic E-state index is 12.9. The number of amides is 2. The van der Waals surface area contributed by atoms with Gasteiger partial charge in [0.05, 0.1) is 17.4 Å². The summed E-state index contributed by atoms with van der Waals surface area (Å²) in [4.78, 5) is 32.2. The number of hydrogen-bond donors (Lipinski definition) is 3. The third-order valence-corrected chi connectivity index (χ3v) is 5.25. The number of tetrazole rings is 1. The van der Waals surface area contributed by atoms with E-state index in [0.717, 1.165) is 0 Å². The number of hydrogen-bond acceptors (Lipinski definition) is 7. The van der Waals surface area contributed by atoms with Gasteiger partial charge in [-0.2, -0.15) is 4.68 Å². The largest absolute Gasteiger partial charge is 0.445 e. The van der Waals surface area contributed by atoms with Gasteiger partial charge in [0.2, 0.25) is 5.91 Å². The van der Waals surface area contributed by atoms with Crippen LogP contribution in [0.1, 0.15) is 29.5 Å². The van der Waals surface area contributed by atoms with Crippen LogP contribution in [0.25, 0.3) is 17.8 Å². The number of carbonyl (C=O) groups is 2. The number of rotatable bonds is 4. The topological polar surface area (TPSA) is 140 Å². The van der Waals surface area contributed by atoms with Crippen LogP contribution in [0.15, 0.2) is 79.5 Å². The van der Waals surface area contributed by atoms with Crippen molar-refractivity contribution in [3.05, 3.63) is 102 Å². The highest BCUT2D eigenvalue weighted by Gasteiger charge is 2.16. The molecule has 1 atom stereocenters. The number of H-pyrrole nitrogens is 1. The molecule has 2 aromatic heterocycles. The second-order valence-electron chi connectivity index (χ2n) is 7.62. The summed E-state index contributed by atoms with van der Waals surface area (Å²) >= 11 is 6.16. The van der Waals surface area contributed by atoms with E-state index in [2.05, 4.69) is 36.1 Å². The lowest BCUT2D eigenvalue weighted by Gasteiger charge is -2.14. The molecule has 0 saturated carbocycles. The third-order valence-electron chi connectivity index (χ3n) is 5.01. The molecule has 37 heavy (non-hydrogen) atoms. The van der Waals surface area contributed by atoms with Crippen LogP contribution in [0.5, 0.6) is 0 Å². The zero-order valence-corrected chi connectivity index (χ0v) is 20.2. The zero-order chi connectivity index (χ0) is 25.9. The van der Waals surface area contributed by atoms with Crippen LogP contribution in [0.4, 0.5) is 4.79 Å². The van der Waals surface area contributed by atoms with Crippen molar-refractivity contribution >= 4 is 35.8 Å². The van der Waals surface area contributed by atoms with E-state index < -0.39 is 12.1 Å². The molecule has 1 aliphatic heterocycles. The predicted molar refractivity (Wildman–Crippen MR) is 138 cm³/mol. The summed E-state index contributed by atoms with van der Waals surface area (Å²) in [6.45, 7) is 0.0791. The van der Waals surface area contributed by atoms with Gasteiger partial charge in [-0.25, -0.2) is 9.78 Å². The van der Waals surface area contributed by atoms with Crippen molar-refractivity contribution in [3.63, 3.8) is 0 Å². The lowest BCUT2D eigenvalue weighted by molar-refractivity contribution is -0.117. The summed E-state index contributed by atoms with van der Waals surface area (Å²) < 4.78 is 6.56. The molecule has 12 heteroatoms. The Kier molecular flexibility index (Phi) is 8.76. The van der Waals surface area contributed by atoms with Crippen LogP contribution in [0.3, 0.4) is 0 Å². The Bertz CT molecular complexity index is 1370. The highest BCUT2D eigenvalue weighted by molar-refractivity contribution is 6.30. The number of imidazole rings is 1. The molecule has 1 unspecified atom stereocenters. The van der Waals surface area contributed by atoms with Gasteiger partial charge in [-0.1, -0.05) is 42.0 Å². The second-order valence-corrected chi connectivity index (χ2v) is 8.05. The molecule has 0 fully saturated rings.